The van der Waals surface area contributed by atoms with Gasteiger partial charge in [0.15, 0.2) is 0 Å². The minimum absolute atomic E-state index is 0.0334. The van der Waals surface area contributed by atoms with E-state index in [1.165, 1.54) is 17.0 Å². The number of carbonyl (C=O) groups excluding carboxylic acids is 2. The van der Waals surface area contributed by atoms with Gasteiger partial charge in [-0.05, 0) is 73.4 Å². The van der Waals surface area contributed by atoms with Crippen molar-refractivity contribution in [2.45, 2.75) is 57.1 Å². The molecule has 236 valence electrons. The zero-order valence-electron chi connectivity index (χ0n) is 25.5. The van der Waals surface area contributed by atoms with Crippen LogP contribution >= 0.6 is 27.5 Å². The first kappa shape index (κ1) is 34.2. The molecule has 4 aromatic rings. The molecule has 0 aliphatic carbocycles. The van der Waals surface area contributed by atoms with Gasteiger partial charge >= 0.3 is 0 Å². The topological polar surface area (TPSA) is 86.8 Å². The maximum Gasteiger partial charge on any atom is 0.264 e. The summed E-state index contributed by atoms with van der Waals surface area (Å²) in [7, 11) is -4.21. The lowest BCUT2D eigenvalue weighted by molar-refractivity contribution is -0.140. The molecule has 45 heavy (non-hydrogen) atoms. The van der Waals surface area contributed by atoms with Crippen molar-refractivity contribution in [3.05, 3.63) is 129 Å². The maximum atomic E-state index is 14.6. The Morgan fingerprint density at radius 1 is 0.889 bits per heavy atom. The Balaban J connectivity index is 1.83. The second kappa shape index (κ2) is 15.6. The predicted octanol–water partition coefficient (Wildman–Crippen LogP) is 7.16. The average Bonchev–Trinajstić information content (AvgIpc) is 3.03. The van der Waals surface area contributed by atoms with Gasteiger partial charge in [0.1, 0.15) is 12.6 Å². The third-order valence-corrected chi connectivity index (χ3v) is 10.1. The summed E-state index contributed by atoms with van der Waals surface area (Å²) in [6.45, 7) is 5.18. The van der Waals surface area contributed by atoms with Crippen molar-refractivity contribution in [2.24, 2.45) is 0 Å². The number of rotatable bonds is 13. The molecule has 0 spiro atoms. The highest BCUT2D eigenvalue weighted by molar-refractivity contribution is 9.10. The summed E-state index contributed by atoms with van der Waals surface area (Å²) in [5, 5.41) is 3.38. The van der Waals surface area contributed by atoms with Gasteiger partial charge in [0.2, 0.25) is 11.8 Å². The first-order valence-electron chi connectivity index (χ1n) is 14.7. The normalized spacial score (nSPS) is 12.6. The zero-order chi connectivity index (χ0) is 32.6. The number of hydrogen-bond acceptors (Lipinski definition) is 4. The lowest BCUT2D eigenvalue weighted by atomic mass is 10.0. The highest BCUT2D eigenvalue weighted by Crippen LogP contribution is 2.30. The van der Waals surface area contributed by atoms with Gasteiger partial charge in [0.25, 0.3) is 10.0 Å². The maximum absolute atomic E-state index is 14.6. The third-order valence-electron chi connectivity index (χ3n) is 7.56. The van der Waals surface area contributed by atoms with Crippen LogP contribution in [0, 0.1) is 6.92 Å². The highest BCUT2D eigenvalue weighted by Gasteiger charge is 2.35. The number of benzene rings is 4. The van der Waals surface area contributed by atoms with Gasteiger partial charge < -0.3 is 10.2 Å². The molecule has 7 nitrogen and oxygen atoms in total. The summed E-state index contributed by atoms with van der Waals surface area (Å²) >= 11 is 9.85. The number of nitrogens with zero attached hydrogens (tertiary/aromatic N) is 2. The van der Waals surface area contributed by atoms with E-state index in [0.29, 0.717) is 17.0 Å². The largest absolute Gasteiger partial charge is 0.352 e. The molecule has 0 aromatic heterocycles. The Kier molecular flexibility index (Phi) is 11.8. The Morgan fingerprint density at radius 2 is 1.53 bits per heavy atom. The second-order valence-corrected chi connectivity index (χ2v) is 14.1. The quantitative estimate of drug-likeness (QED) is 0.160. The second-order valence-electron chi connectivity index (χ2n) is 10.9. The van der Waals surface area contributed by atoms with Crippen molar-refractivity contribution >= 4 is 55.1 Å². The number of aryl methyl sites for hydroxylation is 1. The molecule has 0 aliphatic rings. The molecule has 2 unspecified atom stereocenters. The van der Waals surface area contributed by atoms with Gasteiger partial charge in [-0.15, -0.1) is 0 Å². The van der Waals surface area contributed by atoms with Crippen LogP contribution in [0.2, 0.25) is 5.02 Å². The zero-order valence-corrected chi connectivity index (χ0v) is 28.6. The van der Waals surface area contributed by atoms with Crippen LogP contribution in [0.15, 0.2) is 112 Å². The molecule has 4 rings (SSSR count). The summed E-state index contributed by atoms with van der Waals surface area (Å²) in [6, 6.07) is 28.8. The van der Waals surface area contributed by atoms with Crippen LogP contribution in [0.5, 0.6) is 0 Å². The number of nitrogens with one attached hydrogen (secondary N) is 1. The van der Waals surface area contributed by atoms with E-state index < -0.39 is 28.5 Å². The van der Waals surface area contributed by atoms with E-state index in [0.717, 1.165) is 19.9 Å². The van der Waals surface area contributed by atoms with Crippen molar-refractivity contribution in [1.29, 1.82) is 0 Å². The minimum atomic E-state index is -4.21. The van der Waals surface area contributed by atoms with Crippen molar-refractivity contribution < 1.29 is 18.0 Å². The molecule has 0 aliphatic heterocycles. The first-order chi connectivity index (χ1) is 21.5. The number of hydrogen-bond donors (Lipinski definition) is 1. The smallest absolute Gasteiger partial charge is 0.264 e. The van der Waals surface area contributed by atoms with Crippen LogP contribution in [0.25, 0.3) is 0 Å². The molecule has 0 saturated carbocycles. The molecule has 0 radical (unpaired) electrons. The molecular formula is C35H37BrClN3O4S. The summed E-state index contributed by atoms with van der Waals surface area (Å²) in [6.07, 6.45) is 0.949. The lowest BCUT2D eigenvalue weighted by Crippen LogP contribution is -2.54. The summed E-state index contributed by atoms with van der Waals surface area (Å²) in [5.74, 6) is -0.845. The van der Waals surface area contributed by atoms with Gasteiger partial charge in [-0.3, -0.25) is 13.9 Å². The monoisotopic (exact) mass is 709 g/mol. The molecule has 0 saturated heterocycles. The number of sulfonamides is 1. The molecule has 0 fully saturated rings. The van der Waals surface area contributed by atoms with Crippen LogP contribution in [-0.4, -0.2) is 43.8 Å². The number of carbonyl (C=O) groups is 2. The molecule has 2 amide bonds. The summed E-state index contributed by atoms with van der Waals surface area (Å²) in [4.78, 5) is 30.0. The average molecular weight is 711 g/mol. The van der Waals surface area contributed by atoms with Crippen LogP contribution in [0.4, 0.5) is 5.69 Å². The molecule has 1 N–H and O–H groups in total. The Labute approximate surface area is 279 Å². The Bertz CT molecular complexity index is 1720. The third kappa shape index (κ3) is 8.96. The highest BCUT2D eigenvalue weighted by atomic mass is 79.9. The fourth-order valence-corrected chi connectivity index (χ4v) is 7.02. The molecule has 0 heterocycles. The lowest BCUT2D eigenvalue weighted by Gasteiger charge is -2.34. The fourth-order valence-electron chi connectivity index (χ4n) is 4.91. The summed E-state index contributed by atoms with van der Waals surface area (Å²) < 4.78 is 30.2. The molecule has 0 bridgehead atoms. The van der Waals surface area contributed by atoms with Crippen LogP contribution in [0.1, 0.15) is 37.0 Å². The fraction of sp³-hybridized carbons (Fsp3) is 0.257. The number of anilines is 1. The van der Waals surface area contributed by atoms with Gasteiger partial charge in [-0.1, -0.05) is 101 Å². The molecule has 4 aromatic carbocycles. The Hall–Kier alpha value is -3.66. The van der Waals surface area contributed by atoms with E-state index in [1.54, 1.807) is 43.3 Å². The van der Waals surface area contributed by atoms with E-state index in [4.69, 9.17) is 11.6 Å². The van der Waals surface area contributed by atoms with E-state index in [1.807, 2.05) is 68.4 Å². The van der Waals surface area contributed by atoms with Gasteiger partial charge in [-0.2, -0.15) is 0 Å². The number of halogens is 2. The van der Waals surface area contributed by atoms with Crippen molar-refractivity contribution in [2.75, 3.05) is 10.8 Å². The first-order valence-corrected chi connectivity index (χ1v) is 17.3. The standard InChI is InChI=1S/C35H37BrClN3O4S/c1-4-26(3)38-35(42)33(21-27-12-7-5-8-13-27)39(23-28-14-11-15-29(36)20-28)34(41)24-40(32-22-30(37)19-18-25(32)2)45(43,44)31-16-9-6-10-17-31/h5-20,22,26,33H,4,21,23-24H2,1-3H3,(H,38,42). The van der Waals surface area contributed by atoms with Gasteiger partial charge in [0.05, 0.1) is 10.6 Å². The van der Waals surface area contributed by atoms with E-state index in [-0.39, 0.29) is 35.5 Å². The minimum Gasteiger partial charge on any atom is -0.352 e. The molecular weight excluding hydrogens is 674 g/mol. The van der Waals surface area contributed by atoms with E-state index in [2.05, 4.69) is 21.2 Å². The van der Waals surface area contributed by atoms with Crippen molar-refractivity contribution in [3.63, 3.8) is 0 Å². The molecule has 10 heteroatoms. The van der Waals surface area contributed by atoms with Crippen molar-refractivity contribution in [3.8, 4) is 0 Å². The van der Waals surface area contributed by atoms with Crippen LogP contribution in [0.3, 0.4) is 0 Å². The molecule has 2 atom stereocenters. The van der Waals surface area contributed by atoms with Gasteiger partial charge in [-0.25, -0.2) is 8.42 Å². The number of amides is 2. The van der Waals surface area contributed by atoms with Crippen molar-refractivity contribution in [1.82, 2.24) is 10.2 Å². The van der Waals surface area contributed by atoms with Crippen LogP contribution in [-0.2, 0) is 32.6 Å². The van der Waals surface area contributed by atoms with Gasteiger partial charge in [0, 0.05) is 28.5 Å². The van der Waals surface area contributed by atoms with E-state index >= 15 is 0 Å². The SMILES string of the molecule is CCC(C)NC(=O)C(Cc1ccccc1)N(Cc1cccc(Br)c1)C(=O)CN(c1cc(Cl)ccc1C)S(=O)(=O)c1ccccc1. The van der Waals surface area contributed by atoms with E-state index in [9.17, 15) is 18.0 Å². The van der Waals surface area contributed by atoms with Crippen LogP contribution < -0.4 is 9.62 Å². The summed E-state index contributed by atoms with van der Waals surface area (Å²) in [5.41, 5.74) is 2.56. The predicted molar refractivity (Wildman–Crippen MR) is 184 cm³/mol. The Morgan fingerprint density at radius 3 is 2.18 bits per heavy atom.